The molecule has 1 aromatic heterocycles. The molecule has 1 fully saturated rings. The average Bonchev–Trinajstić information content (AvgIpc) is 3.25. The van der Waals surface area contributed by atoms with Crippen LogP contribution >= 0.6 is 11.6 Å². The highest BCUT2D eigenvalue weighted by Crippen LogP contribution is 2.56. The Morgan fingerprint density at radius 2 is 1.88 bits per heavy atom. The summed E-state index contributed by atoms with van der Waals surface area (Å²) in [6, 6.07) is 18.3. The van der Waals surface area contributed by atoms with Gasteiger partial charge in [-0.3, -0.25) is 4.98 Å². The molecule has 0 aliphatic heterocycles. The number of hydrogen-bond donors (Lipinski definition) is 2. The molecule has 3 aliphatic rings. The molecule has 5 nitrogen and oxygen atoms in total. The van der Waals surface area contributed by atoms with Crippen LogP contribution in [0.5, 0.6) is 5.75 Å². The van der Waals surface area contributed by atoms with Crippen molar-refractivity contribution in [3.8, 4) is 5.75 Å². The second-order valence-corrected chi connectivity index (χ2v) is 13.9. The molecule has 222 valence electrons. The fraction of sp³-hybridized carbons (Fsp3) is 0.500. The fourth-order valence-corrected chi connectivity index (χ4v) is 8.63. The normalized spacial score (nSPS) is 29.0. The molecular weight excluding hydrogens is 544 g/mol. The third kappa shape index (κ3) is 5.41. The highest BCUT2D eigenvalue weighted by Gasteiger charge is 2.54. The lowest BCUT2D eigenvalue weighted by Gasteiger charge is -2.47. The van der Waals surface area contributed by atoms with Gasteiger partial charge in [0, 0.05) is 28.2 Å². The van der Waals surface area contributed by atoms with E-state index < -0.39 is 11.5 Å². The number of benzene rings is 2. The van der Waals surface area contributed by atoms with E-state index in [4.69, 9.17) is 21.3 Å². The van der Waals surface area contributed by atoms with Crippen molar-refractivity contribution < 1.29 is 14.6 Å². The molecule has 6 heteroatoms. The number of hydrogen-bond acceptors (Lipinski definition) is 4. The second kappa shape index (κ2) is 11.6. The Morgan fingerprint density at radius 3 is 2.64 bits per heavy atom. The van der Waals surface area contributed by atoms with Gasteiger partial charge in [0.15, 0.2) is 0 Å². The summed E-state index contributed by atoms with van der Waals surface area (Å²) in [6.07, 6.45) is 9.04. The van der Waals surface area contributed by atoms with Crippen molar-refractivity contribution in [3.05, 3.63) is 88.2 Å². The number of nitrogens with one attached hydrogen (secondary N) is 1. The highest BCUT2D eigenvalue weighted by molar-refractivity contribution is 6.30. The summed E-state index contributed by atoms with van der Waals surface area (Å²) in [6.45, 7) is 7.59. The monoisotopic (exact) mass is 586 g/mol. The van der Waals surface area contributed by atoms with Gasteiger partial charge in [0.05, 0.1) is 6.61 Å². The zero-order valence-corrected chi connectivity index (χ0v) is 25.8. The molecule has 0 unspecified atom stereocenters. The fourth-order valence-electron chi connectivity index (χ4n) is 8.44. The number of aromatic nitrogens is 1. The molecule has 2 N–H and O–H groups in total. The Labute approximate surface area is 255 Å². The minimum atomic E-state index is -0.999. The van der Waals surface area contributed by atoms with Crippen LogP contribution in [0.1, 0.15) is 87.6 Å². The van der Waals surface area contributed by atoms with E-state index in [0.29, 0.717) is 48.1 Å². The van der Waals surface area contributed by atoms with Crippen molar-refractivity contribution in [3.63, 3.8) is 0 Å². The van der Waals surface area contributed by atoms with Gasteiger partial charge in [0.2, 0.25) is 0 Å². The lowest BCUT2D eigenvalue weighted by molar-refractivity contribution is -0.144. The first kappa shape index (κ1) is 29.0. The Morgan fingerprint density at radius 1 is 1.10 bits per heavy atom. The predicted octanol–water partition coefficient (Wildman–Crippen LogP) is 8.45. The maximum absolute atomic E-state index is 12.7. The number of anilines is 1. The molecule has 0 radical (unpaired) electrons. The number of carboxylic acids is 1. The molecule has 0 bridgehead atoms. The molecule has 6 rings (SSSR count). The Kier molecular flexibility index (Phi) is 7.99. The molecule has 1 spiro atoms. The Bertz CT molecular complexity index is 1450. The summed E-state index contributed by atoms with van der Waals surface area (Å²) in [5.41, 5.74) is 5.10. The van der Waals surface area contributed by atoms with Crippen molar-refractivity contribution in [1.82, 2.24) is 4.98 Å². The number of carbonyl (C=O) groups is 1. The van der Waals surface area contributed by atoms with Crippen LogP contribution in [0.3, 0.4) is 0 Å². The third-order valence-electron chi connectivity index (χ3n) is 10.4. The molecule has 0 amide bonds. The van der Waals surface area contributed by atoms with Crippen LogP contribution in [-0.2, 0) is 23.1 Å². The predicted molar refractivity (Wildman–Crippen MR) is 169 cm³/mol. The maximum Gasteiger partial charge on any atom is 0.329 e. The average molecular weight is 587 g/mol. The summed E-state index contributed by atoms with van der Waals surface area (Å²) in [7, 11) is 0. The van der Waals surface area contributed by atoms with Gasteiger partial charge in [-0.05, 0) is 116 Å². The first-order chi connectivity index (χ1) is 20.2. The summed E-state index contributed by atoms with van der Waals surface area (Å²) in [5.74, 6) is 2.17. The molecule has 0 saturated heterocycles. The van der Waals surface area contributed by atoms with Gasteiger partial charge in [-0.2, -0.15) is 0 Å². The number of carboxylic acid groups (broad SMARTS) is 1. The third-order valence-corrected chi connectivity index (χ3v) is 10.7. The van der Waals surface area contributed by atoms with E-state index in [1.165, 1.54) is 28.8 Å². The summed E-state index contributed by atoms with van der Waals surface area (Å²) < 4.78 is 6.54. The summed E-state index contributed by atoms with van der Waals surface area (Å²) in [4.78, 5) is 17.4. The Hall–Kier alpha value is -3.05. The van der Waals surface area contributed by atoms with Gasteiger partial charge in [0.1, 0.15) is 11.3 Å². The largest absolute Gasteiger partial charge is 0.493 e. The van der Waals surface area contributed by atoms with Gasteiger partial charge in [-0.25, -0.2) is 4.79 Å². The summed E-state index contributed by atoms with van der Waals surface area (Å²) in [5, 5.41) is 14.4. The molecule has 1 saturated carbocycles. The number of nitrogens with zero attached hydrogens (tertiary/aromatic N) is 1. The van der Waals surface area contributed by atoms with Crippen molar-refractivity contribution in [2.75, 3.05) is 11.9 Å². The van der Waals surface area contributed by atoms with E-state index in [9.17, 15) is 9.90 Å². The lowest BCUT2D eigenvalue weighted by Crippen LogP contribution is -2.53. The topological polar surface area (TPSA) is 71.5 Å². The second-order valence-electron chi connectivity index (χ2n) is 13.5. The number of ether oxygens (including phenoxy) is 1. The van der Waals surface area contributed by atoms with E-state index in [1.807, 2.05) is 36.5 Å². The number of pyridine rings is 1. The van der Waals surface area contributed by atoms with Gasteiger partial charge in [-0.15, -0.1) is 0 Å². The lowest BCUT2D eigenvalue weighted by atomic mass is 9.59. The minimum absolute atomic E-state index is 0.0136. The quantitative estimate of drug-likeness (QED) is 0.277. The first-order valence-electron chi connectivity index (χ1n) is 15.7. The van der Waals surface area contributed by atoms with Crippen LogP contribution in [0.25, 0.3) is 0 Å². The number of halogens is 1. The standard InChI is InChI=1S/C36H43ClN2O3/c1-23-17-25(3)33-31(19-23)38-16-11-32(33)42-22-24(2)18-27-20-26-7-4-5-10-30(26)35(27)12-14-36(15-13-35,34(40)41)39-29-9-6-8-28(37)21-29/h4-11,16,21,23-25,27,39H,12-15,17-20,22H2,1-3H3,(H,40,41)/t23-,24-,25+,27+,35?,36?/m1/s1. The SMILES string of the molecule is C[C@@H](COc1ccnc2c1[C@@H](C)C[C@@H](C)C2)C[C@H]1Cc2ccccc2C12CCC(Nc1cccc(Cl)c1)(C(=O)O)CC2. The van der Waals surface area contributed by atoms with Crippen molar-refractivity contribution >= 4 is 23.3 Å². The van der Waals surface area contributed by atoms with E-state index in [2.05, 4.69) is 50.4 Å². The molecular formula is C36H43ClN2O3. The van der Waals surface area contributed by atoms with E-state index in [-0.39, 0.29) is 5.41 Å². The highest BCUT2D eigenvalue weighted by atomic mass is 35.5. The van der Waals surface area contributed by atoms with Crippen LogP contribution in [0, 0.1) is 17.8 Å². The van der Waals surface area contributed by atoms with Crippen LogP contribution in [-0.4, -0.2) is 28.2 Å². The number of aliphatic carboxylic acids is 1. The van der Waals surface area contributed by atoms with E-state index in [1.54, 1.807) is 0 Å². The van der Waals surface area contributed by atoms with E-state index >= 15 is 0 Å². The molecule has 42 heavy (non-hydrogen) atoms. The molecule has 1 heterocycles. The molecule has 3 aromatic rings. The minimum Gasteiger partial charge on any atom is -0.493 e. The van der Waals surface area contributed by atoms with Gasteiger partial charge in [-0.1, -0.05) is 62.7 Å². The smallest absolute Gasteiger partial charge is 0.329 e. The van der Waals surface area contributed by atoms with Crippen LogP contribution < -0.4 is 10.1 Å². The van der Waals surface area contributed by atoms with Gasteiger partial charge >= 0.3 is 5.97 Å². The summed E-state index contributed by atoms with van der Waals surface area (Å²) >= 11 is 6.22. The van der Waals surface area contributed by atoms with Gasteiger partial charge in [0.25, 0.3) is 0 Å². The Balaban J connectivity index is 1.19. The molecule has 3 aliphatic carbocycles. The molecule has 4 atom stereocenters. The van der Waals surface area contributed by atoms with Crippen LogP contribution in [0.15, 0.2) is 60.8 Å². The van der Waals surface area contributed by atoms with Crippen molar-refractivity contribution in [2.24, 2.45) is 17.8 Å². The zero-order chi connectivity index (χ0) is 29.5. The maximum atomic E-state index is 12.7. The van der Waals surface area contributed by atoms with Gasteiger partial charge < -0.3 is 15.2 Å². The van der Waals surface area contributed by atoms with Crippen LogP contribution in [0.2, 0.25) is 5.02 Å². The van der Waals surface area contributed by atoms with Crippen LogP contribution in [0.4, 0.5) is 5.69 Å². The number of rotatable bonds is 8. The zero-order valence-electron chi connectivity index (χ0n) is 25.0. The number of fused-ring (bicyclic) bond motifs is 3. The van der Waals surface area contributed by atoms with Crippen molar-refractivity contribution in [1.29, 1.82) is 0 Å². The molecule has 2 aromatic carbocycles. The van der Waals surface area contributed by atoms with E-state index in [0.717, 1.165) is 43.5 Å². The van der Waals surface area contributed by atoms with Crippen molar-refractivity contribution in [2.45, 2.75) is 89.0 Å². The first-order valence-corrected chi connectivity index (χ1v) is 16.0.